The van der Waals surface area contributed by atoms with Gasteiger partial charge >= 0.3 is 0 Å². The monoisotopic (exact) mass is 110 g/mol. The molecule has 0 saturated heterocycles. The van der Waals surface area contributed by atoms with E-state index in [0.29, 0.717) is 11.7 Å². The van der Waals surface area contributed by atoms with Crippen molar-refractivity contribution in [2.45, 2.75) is 13.8 Å². The van der Waals surface area contributed by atoms with Crippen molar-refractivity contribution >= 4 is 0 Å². The minimum atomic E-state index is 0.412. The molecule has 1 atom stereocenters. The van der Waals surface area contributed by atoms with Gasteiger partial charge in [0.25, 0.3) is 0 Å². The van der Waals surface area contributed by atoms with Gasteiger partial charge in [0.2, 0.25) is 0 Å². The highest BCUT2D eigenvalue weighted by Crippen LogP contribution is 2.20. The lowest BCUT2D eigenvalue weighted by molar-refractivity contribution is 0.432. The third-order valence-corrected chi connectivity index (χ3v) is 1.51. The van der Waals surface area contributed by atoms with Crippen LogP contribution in [0.2, 0.25) is 0 Å². The maximum absolute atomic E-state index is 8.85. The minimum absolute atomic E-state index is 0.412. The van der Waals surface area contributed by atoms with E-state index in [0.717, 1.165) is 0 Å². The second kappa shape index (κ2) is 1.66. The van der Waals surface area contributed by atoms with E-state index in [1.54, 1.807) is 6.08 Å². The zero-order valence-electron chi connectivity index (χ0n) is 5.18. The first-order chi connectivity index (χ1) is 3.70. The molecular formula is C7H10O. The van der Waals surface area contributed by atoms with E-state index in [4.69, 9.17) is 5.11 Å². The Hall–Kier alpha value is -0.720. The molecule has 1 aliphatic carbocycles. The molecule has 0 bridgehead atoms. The molecular weight excluding hydrogens is 100 g/mol. The Balaban J connectivity index is 2.78. The minimum Gasteiger partial charge on any atom is -0.508 e. The maximum Gasteiger partial charge on any atom is 0.112 e. The molecule has 0 radical (unpaired) electrons. The fourth-order valence-corrected chi connectivity index (χ4v) is 0.800. The van der Waals surface area contributed by atoms with Crippen molar-refractivity contribution in [3.63, 3.8) is 0 Å². The van der Waals surface area contributed by atoms with Gasteiger partial charge in [-0.1, -0.05) is 12.5 Å². The van der Waals surface area contributed by atoms with Gasteiger partial charge in [0.05, 0.1) is 0 Å². The molecule has 0 aromatic rings. The van der Waals surface area contributed by atoms with E-state index in [2.05, 4.69) is 6.92 Å². The van der Waals surface area contributed by atoms with Crippen LogP contribution in [0.4, 0.5) is 0 Å². The van der Waals surface area contributed by atoms with Crippen molar-refractivity contribution in [1.82, 2.24) is 0 Å². The molecule has 0 heterocycles. The number of hydrogen-bond donors (Lipinski definition) is 1. The average Bonchev–Trinajstić information content (AvgIpc) is 1.85. The molecule has 0 amide bonds. The van der Waals surface area contributed by atoms with Crippen molar-refractivity contribution in [2.75, 3.05) is 0 Å². The molecule has 44 valence electrons. The Morgan fingerprint density at radius 2 is 2.25 bits per heavy atom. The van der Waals surface area contributed by atoms with E-state index in [1.807, 2.05) is 13.0 Å². The van der Waals surface area contributed by atoms with E-state index in [1.165, 1.54) is 5.57 Å². The molecule has 0 fully saturated rings. The van der Waals surface area contributed by atoms with Gasteiger partial charge in [-0.3, -0.25) is 0 Å². The molecule has 0 aromatic heterocycles. The van der Waals surface area contributed by atoms with Gasteiger partial charge in [-0.05, 0) is 25.0 Å². The summed E-state index contributed by atoms with van der Waals surface area (Å²) in [5.74, 6) is 0.852. The van der Waals surface area contributed by atoms with Crippen LogP contribution in [0.5, 0.6) is 0 Å². The lowest BCUT2D eigenvalue weighted by Crippen LogP contribution is -1.83. The summed E-state index contributed by atoms with van der Waals surface area (Å²) < 4.78 is 0. The Bertz CT molecular complexity index is 154. The Morgan fingerprint density at radius 3 is 2.38 bits per heavy atom. The van der Waals surface area contributed by atoms with E-state index >= 15 is 0 Å². The fourth-order valence-electron chi connectivity index (χ4n) is 0.800. The molecule has 1 rings (SSSR count). The number of aliphatic hydroxyl groups is 1. The van der Waals surface area contributed by atoms with E-state index in [9.17, 15) is 0 Å². The standard InChI is InChI=1S/C7H10O/c1-5-3-7(8)4-6(5)2/h3-5,8H,1-2H3. The second-order valence-electron chi connectivity index (χ2n) is 2.27. The highest BCUT2D eigenvalue weighted by atomic mass is 16.3. The van der Waals surface area contributed by atoms with E-state index in [-0.39, 0.29) is 0 Å². The number of rotatable bonds is 0. The fraction of sp³-hybridized carbons (Fsp3) is 0.429. The smallest absolute Gasteiger partial charge is 0.112 e. The summed E-state index contributed by atoms with van der Waals surface area (Å²) in [6, 6.07) is 0. The SMILES string of the molecule is CC1=CC(O)=CC1C. The van der Waals surface area contributed by atoms with Crippen molar-refractivity contribution in [3.05, 3.63) is 23.5 Å². The third kappa shape index (κ3) is 0.760. The molecule has 1 N–H and O–H groups in total. The molecule has 1 unspecified atom stereocenters. The number of aliphatic hydroxyl groups excluding tert-OH is 1. The second-order valence-corrected chi connectivity index (χ2v) is 2.27. The number of allylic oxidation sites excluding steroid dienone is 3. The Labute approximate surface area is 49.3 Å². The molecule has 0 saturated carbocycles. The lowest BCUT2D eigenvalue weighted by atomic mass is 10.1. The van der Waals surface area contributed by atoms with E-state index < -0.39 is 0 Å². The van der Waals surface area contributed by atoms with Crippen LogP contribution in [0, 0.1) is 5.92 Å². The van der Waals surface area contributed by atoms with Crippen LogP contribution in [-0.4, -0.2) is 5.11 Å². The number of hydrogen-bond acceptors (Lipinski definition) is 1. The quantitative estimate of drug-likeness (QED) is 0.505. The zero-order valence-corrected chi connectivity index (χ0v) is 5.18. The topological polar surface area (TPSA) is 20.2 Å². The first-order valence-electron chi connectivity index (χ1n) is 2.79. The zero-order chi connectivity index (χ0) is 6.15. The average molecular weight is 110 g/mol. The normalized spacial score (nSPS) is 27.5. The molecule has 0 aliphatic heterocycles. The van der Waals surface area contributed by atoms with Crippen LogP contribution in [0.3, 0.4) is 0 Å². The molecule has 1 nitrogen and oxygen atoms in total. The molecule has 0 aromatic carbocycles. The Kier molecular flexibility index (Phi) is 1.12. The van der Waals surface area contributed by atoms with Gasteiger partial charge in [-0.25, -0.2) is 0 Å². The van der Waals surface area contributed by atoms with Crippen molar-refractivity contribution < 1.29 is 5.11 Å². The highest BCUT2D eigenvalue weighted by Gasteiger charge is 2.07. The van der Waals surface area contributed by atoms with Gasteiger partial charge in [0.1, 0.15) is 5.76 Å². The summed E-state index contributed by atoms with van der Waals surface area (Å²) in [5.41, 5.74) is 1.24. The molecule has 1 aliphatic rings. The first kappa shape index (κ1) is 5.42. The largest absolute Gasteiger partial charge is 0.508 e. The van der Waals surface area contributed by atoms with Gasteiger partial charge in [-0.15, -0.1) is 0 Å². The predicted octanol–water partition coefficient (Wildman–Crippen LogP) is 2.02. The van der Waals surface area contributed by atoms with Gasteiger partial charge < -0.3 is 5.11 Å². The summed E-state index contributed by atoms with van der Waals surface area (Å²) >= 11 is 0. The summed E-state index contributed by atoms with van der Waals surface area (Å²) in [4.78, 5) is 0. The summed E-state index contributed by atoms with van der Waals surface area (Å²) in [6.07, 6.45) is 3.64. The first-order valence-corrected chi connectivity index (χ1v) is 2.79. The van der Waals surface area contributed by atoms with Gasteiger partial charge in [-0.2, -0.15) is 0 Å². The molecule has 1 heteroatoms. The third-order valence-electron chi connectivity index (χ3n) is 1.51. The van der Waals surface area contributed by atoms with Crippen LogP contribution >= 0.6 is 0 Å². The summed E-state index contributed by atoms with van der Waals surface area (Å²) in [7, 11) is 0. The van der Waals surface area contributed by atoms with Crippen LogP contribution in [0.1, 0.15) is 13.8 Å². The maximum atomic E-state index is 8.85. The van der Waals surface area contributed by atoms with Gasteiger partial charge in [0.15, 0.2) is 0 Å². The van der Waals surface area contributed by atoms with Crippen LogP contribution in [-0.2, 0) is 0 Å². The summed E-state index contributed by atoms with van der Waals surface area (Å²) in [5, 5.41) is 8.85. The molecule has 0 spiro atoms. The summed E-state index contributed by atoms with van der Waals surface area (Å²) in [6.45, 7) is 4.08. The lowest BCUT2D eigenvalue weighted by Gasteiger charge is -1.95. The Morgan fingerprint density at radius 1 is 1.62 bits per heavy atom. The van der Waals surface area contributed by atoms with Crippen molar-refractivity contribution in [1.29, 1.82) is 0 Å². The molecule has 8 heavy (non-hydrogen) atoms. The van der Waals surface area contributed by atoms with Crippen molar-refractivity contribution in [2.24, 2.45) is 5.92 Å². The van der Waals surface area contributed by atoms with Crippen LogP contribution in [0.25, 0.3) is 0 Å². The highest BCUT2D eigenvalue weighted by molar-refractivity contribution is 5.28. The van der Waals surface area contributed by atoms with Gasteiger partial charge in [0, 0.05) is 0 Å². The van der Waals surface area contributed by atoms with Crippen LogP contribution in [0.15, 0.2) is 23.5 Å². The predicted molar refractivity (Wildman–Crippen MR) is 33.6 cm³/mol. The van der Waals surface area contributed by atoms with Crippen molar-refractivity contribution in [3.8, 4) is 0 Å². The van der Waals surface area contributed by atoms with Crippen LogP contribution < -0.4 is 0 Å².